The summed E-state index contributed by atoms with van der Waals surface area (Å²) in [7, 11) is 1.65. The van der Waals surface area contributed by atoms with Crippen molar-refractivity contribution in [2.24, 2.45) is 5.92 Å². The quantitative estimate of drug-likeness (QED) is 0.119. The number of aromatic amines is 1. The molecule has 3 amide bonds. The first-order chi connectivity index (χ1) is 24.5. The number of aromatic nitrogens is 2. The van der Waals surface area contributed by atoms with Gasteiger partial charge in [-0.15, -0.1) is 0 Å². The van der Waals surface area contributed by atoms with Gasteiger partial charge in [0, 0.05) is 42.5 Å². The van der Waals surface area contributed by atoms with Crippen LogP contribution in [-0.2, 0) is 29.0 Å². The fourth-order valence-electron chi connectivity index (χ4n) is 7.27. The third-order valence-electron chi connectivity index (χ3n) is 10.0. The fourth-order valence-corrected chi connectivity index (χ4v) is 8.28. The second-order valence-corrected chi connectivity index (χ2v) is 17.4. The summed E-state index contributed by atoms with van der Waals surface area (Å²) in [5.74, 6) is -1.42. The van der Waals surface area contributed by atoms with Gasteiger partial charge in [0.15, 0.2) is 0 Å². The molecule has 2 heterocycles. The lowest BCUT2D eigenvalue weighted by molar-refractivity contribution is -0.140. The maximum atomic E-state index is 14.8. The van der Waals surface area contributed by atoms with Crippen molar-refractivity contribution in [2.75, 3.05) is 13.6 Å². The topological polar surface area (TPSA) is 90.4 Å². The number of benzene rings is 2. The Morgan fingerprint density at radius 2 is 1.58 bits per heavy atom. The summed E-state index contributed by atoms with van der Waals surface area (Å²) >= 11 is 0. The molecular formula is C41H58F2N5O3P. The Balaban J connectivity index is 1.77. The first-order valence-corrected chi connectivity index (χ1v) is 19.7. The first kappa shape index (κ1) is 41.0. The molecule has 4 rings (SSSR count). The molecule has 0 spiro atoms. The number of H-pyrrole nitrogens is 1. The Morgan fingerprint density at radius 1 is 0.942 bits per heavy atom. The molecule has 0 fully saturated rings. The van der Waals surface area contributed by atoms with Gasteiger partial charge in [-0.1, -0.05) is 54.9 Å². The number of nitrogens with one attached hydrogen (secondary N) is 2. The minimum Gasteiger partial charge on any atom is -0.353 e. The van der Waals surface area contributed by atoms with E-state index in [1.807, 2.05) is 59.4 Å². The number of carbonyl (C=O) groups is 3. The molecule has 0 saturated heterocycles. The van der Waals surface area contributed by atoms with Crippen LogP contribution < -0.4 is 5.32 Å². The Kier molecular flexibility index (Phi) is 13.3. The molecule has 0 aliphatic carbocycles. The number of aryl methyl sites for hydroxylation is 2. The zero-order chi connectivity index (χ0) is 38.7. The third kappa shape index (κ3) is 8.70. The number of carbonyl (C=O) groups excluding carboxylic acids is 3. The second-order valence-electron chi connectivity index (χ2n) is 15.2. The monoisotopic (exact) mass is 737 g/mol. The molecule has 0 aliphatic heterocycles. The number of fused-ring (bicyclic) bond motifs is 2. The van der Waals surface area contributed by atoms with E-state index >= 15 is 0 Å². The van der Waals surface area contributed by atoms with Crippen molar-refractivity contribution in [3.05, 3.63) is 59.2 Å². The Labute approximate surface area is 309 Å². The lowest BCUT2D eigenvalue weighted by atomic mass is 9.94. The molecule has 4 aromatic rings. The highest BCUT2D eigenvalue weighted by atomic mass is 31.1. The highest BCUT2D eigenvalue weighted by Crippen LogP contribution is 2.40. The zero-order valence-corrected chi connectivity index (χ0v) is 33.8. The molecule has 0 radical (unpaired) electrons. The van der Waals surface area contributed by atoms with E-state index in [1.54, 1.807) is 26.1 Å². The third-order valence-corrected chi connectivity index (χ3v) is 11.3. The summed E-state index contributed by atoms with van der Waals surface area (Å²) in [6.07, 6.45) is 2.71. The van der Waals surface area contributed by atoms with Crippen LogP contribution in [0, 0.1) is 17.6 Å². The summed E-state index contributed by atoms with van der Waals surface area (Å²) in [6, 6.07) is 7.85. The lowest BCUT2D eigenvalue weighted by Gasteiger charge is -2.36. The number of rotatable bonds is 15. The number of halogens is 2. The molecule has 8 nitrogen and oxygen atoms in total. The SMILES string of the molecule is CCCC(Cc1c(-c2[nH]c3cc(F)ccc3c2CC)n(CC)c2cc(F)ccc12)N(CC)C(=O)C(NC(=O)[C@H](C)N(C)C(=O)PC(C)(C)C)C(C)C. The molecule has 284 valence electrons. The summed E-state index contributed by atoms with van der Waals surface area (Å²) < 4.78 is 31.4. The average molecular weight is 738 g/mol. The predicted molar refractivity (Wildman–Crippen MR) is 211 cm³/mol. The molecule has 0 saturated carbocycles. The number of hydrogen-bond donors (Lipinski definition) is 2. The van der Waals surface area contributed by atoms with Gasteiger partial charge in [0.05, 0.1) is 16.9 Å². The Morgan fingerprint density at radius 3 is 2.13 bits per heavy atom. The molecule has 3 unspecified atom stereocenters. The summed E-state index contributed by atoms with van der Waals surface area (Å²) in [5, 5.41) is 4.65. The fraction of sp³-hybridized carbons (Fsp3) is 0.537. The number of nitrogens with zero attached hydrogens (tertiary/aromatic N) is 3. The van der Waals surface area contributed by atoms with Crippen molar-refractivity contribution in [1.29, 1.82) is 0 Å². The molecule has 4 atom stereocenters. The van der Waals surface area contributed by atoms with Gasteiger partial charge >= 0.3 is 0 Å². The van der Waals surface area contributed by atoms with Gasteiger partial charge in [0.25, 0.3) is 0 Å². The van der Waals surface area contributed by atoms with Crippen LogP contribution in [0.25, 0.3) is 33.2 Å². The molecule has 2 aromatic heterocycles. The van der Waals surface area contributed by atoms with Crippen LogP contribution in [0.4, 0.5) is 13.6 Å². The van der Waals surface area contributed by atoms with Crippen LogP contribution in [0.5, 0.6) is 0 Å². The standard InChI is InChI=1S/C41H58F2N5O3P/c1-12-16-28(47(14-3)39(50)35(24(5)6)45-38(49)25(7)46(11)40(51)52-41(8,9)10)23-32-31-20-18-27(43)22-34(31)48(15-4)37(32)36-29(13-2)30-19-17-26(42)21-33(30)44-36/h17-22,24-25,28,35,44,52H,12-16,23H2,1-11H3,(H,45,49)/t25-,28?,35?/m0/s1. The van der Waals surface area contributed by atoms with Gasteiger partial charge in [-0.25, -0.2) is 8.78 Å². The molecule has 0 bridgehead atoms. The average Bonchev–Trinajstić information content (AvgIpc) is 3.58. The van der Waals surface area contributed by atoms with E-state index < -0.39 is 12.1 Å². The van der Waals surface area contributed by atoms with Gasteiger partial charge in [-0.2, -0.15) is 0 Å². The normalized spacial score (nSPS) is 14.0. The molecule has 2 N–H and O–H groups in total. The van der Waals surface area contributed by atoms with Crippen molar-refractivity contribution in [3.63, 3.8) is 0 Å². The maximum absolute atomic E-state index is 14.8. The number of hydrogen-bond acceptors (Lipinski definition) is 3. The van der Waals surface area contributed by atoms with Gasteiger partial charge in [0.1, 0.15) is 23.7 Å². The van der Waals surface area contributed by atoms with E-state index in [2.05, 4.69) is 28.7 Å². The highest BCUT2D eigenvalue weighted by Gasteiger charge is 2.35. The Hall–Kier alpha value is -3.78. The van der Waals surface area contributed by atoms with Crippen LogP contribution in [0.3, 0.4) is 0 Å². The Bertz CT molecular complexity index is 1910. The van der Waals surface area contributed by atoms with Crippen LogP contribution in [0.2, 0.25) is 0 Å². The summed E-state index contributed by atoms with van der Waals surface area (Å²) in [5.41, 5.74) is 5.17. The van der Waals surface area contributed by atoms with E-state index in [4.69, 9.17) is 0 Å². The summed E-state index contributed by atoms with van der Waals surface area (Å²) in [4.78, 5) is 48.0. The van der Waals surface area contributed by atoms with Gasteiger partial charge < -0.3 is 24.7 Å². The van der Waals surface area contributed by atoms with Crippen LogP contribution in [0.15, 0.2) is 36.4 Å². The first-order valence-electron chi connectivity index (χ1n) is 18.7. The van der Waals surface area contributed by atoms with E-state index in [-0.39, 0.29) is 54.8 Å². The predicted octanol–water partition coefficient (Wildman–Crippen LogP) is 9.27. The molecule has 52 heavy (non-hydrogen) atoms. The van der Waals surface area contributed by atoms with E-state index in [0.717, 1.165) is 45.2 Å². The molecule has 11 heteroatoms. The van der Waals surface area contributed by atoms with E-state index in [0.29, 0.717) is 37.9 Å². The van der Waals surface area contributed by atoms with Crippen molar-refractivity contribution < 1.29 is 23.2 Å². The lowest BCUT2D eigenvalue weighted by Crippen LogP contribution is -2.57. The van der Waals surface area contributed by atoms with Gasteiger partial charge in [0.2, 0.25) is 17.5 Å². The molecule has 0 aliphatic rings. The van der Waals surface area contributed by atoms with Gasteiger partial charge in [-0.05, 0) is 107 Å². The second kappa shape index (κ2) is 16.9. The maximum Gasteiger partial charge on any atom is 0.245 e. The highest BCUT2D eigenvalue weighted by molar-refractivity contribution is 7.59. The van der Waals surface area contributed by atoms with Crippen LogP contribution in [0.1, 0.15) is 93.2 Å². The largest absolute Gasteiger partial charge is 0.353 e. The molecular weight excluding hydrogens is 679 g/mol. The van der Waals surface area contributed by atoms with Crippen molar-refractivity contribution >= 4 is 47.8 Å². The van der Waals surface area contributed by atoms with Crippen molar-refractivity contribution in [2.45, 2.75) is 125 Å². The minimum absolute atomic E-state index is 0.0133. The van der Waals surface area contributed by atoms with Crippen molar-refractivity contribution in [3.8, 4) is 11.4 Å². The van der Waals surface area contributed by atoms with E-state index in [1.165, 1.54) is 23.1 Å². The number of likely N-dealkylation sites (N-methyl/N-ethyl adjacent to an activating group) is 2. The summed E-state index contributed by atoms with van der Waals surface area (Å²) in [6.45, 7) is 20.6. The van der Waals surface area contributed by atoms with Gasteiger partial charge in [-0.3, -0.25) is 14.4 Å². The van der Waals surface area contributed by atoms with Crippen LogP contribution >= 0.6 is 8.58 Å². The van der Waals surface area contributed by atoms with E-state index in [9.17, 15) is 23.2 Å². The van der Waals surface area contributed by atoms with Crippen LogP contribution in [-0.4, -0.2) is 73.7 Å². The zero-order valence-electron chi connectivity index (χ0n) is 32.8. The molecule has 2 aromatic carbocycles. The van der Waals surface area contributed by atoms with Crippen molar-refractivity contribution in [1.82, 2.24) is 24.7 Å². The smallest absolute Gasteiger partial charge is 0.245 e. The minimum atomic E-state index is -0.802. The number of amides is 3.